The largest absolute Gasteiger partial charge is 0.339 e. The SMILES string of the molecule is O=C(CN1CCC2(CCC(=O)N(Cc3ccccc3)C2)CC1)N1CCNCC1. The van der Waals surface area contributed by atoms with Crippen LogP contribution in [0.3, 0.4) is 0 Å². The van der Waals surface area contributed by atoms with Crippen LogP contribution in [-0.2, 0) is 16.1 Å². The fourth-order valence-electron chi connectivity index (χ4n) is 4.85. The molecule has 4 rings (SSSR count). The summed E-state index contributed by atoms with van der Waals surface area (Å²) in [5.74, 6) is 0.549. The van der Waals surface area contributed by atoms with Gasteiger partial charge in [-0.3, -0.25) is 14.5 Å². The first-order valence-corrected chi connectivity index (χ1v) is 10.7. The summed E-state index contributed by atoms with van der Waals surface area (Å²) in [4.78, 5) is 31.4. The fourth-order valence-corrected chi connectivity index (χ4v) is 4.85. The molecule has 2 amide bonds. The lowest BCUT2D eigenvalue weighted by Gasteiger charge is -2.47. The van der Waals surface area contributed by atoms with Crippen molar-refractivity contribution in [2.24, 2.45) is 5.41 Å². The molecular weight excluding hydrogens is 352 g/mol. The van der Waals surface area contributed by atoms with Gasteiger partial charge in [0.25, 0.3) is 0 Å². The average molecular weight is 385 g/mol. The topological polar surface area (TPSA) is 55.9 Å². The van der Waals surface area contributed by atoms with E-state index < -0.39 is 0 Å². The third-order valence-corrected chi connectivity index (χ3v) is 6.71. The van der Waals surface area contributed by atoms with Crippen LogP contribution in [0.25, 0.3) is 0 Å². The van der Waals surface area contributed by atoms with Crippen molar-refractivity contribution in [3.8, 4) is 0 Å². The summed E-state index contributed by atoms with van der Waals surface area (Å²) in [6, 6.07) is 10.3. The number of piperazine rings is 1. The monoisotopic (exact) mass is 384 g/mol. The summed E-state index contributed by atoms with van der Waals surface area (Å²) >= 11 is 0. The van der Waals surface area contributed by atoms with Crippen LogP contribution < -0.4 is 5.32 Å². The fraction of sp³-hybridized carbons (Fsp3) is 0.636. The molecule has 28 heavy (non-hydrogen) atoms. The number of rotatable bonds is 4. The molecule has 1 spiro atoms. The first kappa shape index (κ1) is 19.4. The molecule has 0 atom stereocenters. The average Bonchev–Trinajstić information content (AvgIpc) is 2.74. The summed E-state index contributed by atoms with van der Waals surface area (Å²) < 4.78 is 0. The van der Waals surface area contributed by atoms with E-state index in [1.807, 2.05) is 23.1 Å². The molecule has 3 fully saturated rings. The number of amides is 2. The van der Waals surface area contributed by atoms with Gasteiger partial charge in [0.15, 0.2) is 0 Å². The molecule has 1 N–H and O–H groups in total. The van der Waals surface area contributed by atoms with Crippen molar-refractivity contribution in [2.45, 2.75) is 32.2 Å². The zero-order valence-corrected chi connectivity index (χ0v) is 16.7. The van der Waals surface area contributed by atoms with Gasteiger partial charge < -0.3 is 15.1 Å². The van der Waals surface area contributed by atoms with Gasteiger partial charge in [-0.2, -0.15) is 0 Å². The first-order valence-electron chi connectivity index (χ1n) is 10.7. The van der Waals surface area contributed by atoms with Gasteiger partial charge in [0.2, 0.25) is 11.8 Å². The van der Waals surface area contributed by atoms with Crippen molar-refractivity contribution in [2.75, 3.05) is 52.4 Å². The number of hydrogen-bond acceptors (Lipinski definition) is 4. The van der Waals surface area contributed by atoms with Gasteiger partial charge in [0, 0.05) is 45.7 Å². The van der Waals surface area contributed by atoms with E-state index in [4.69, 9.17) is 0 Å². The summed E-state index contributed by atoms with van der Waals surface area (Å²) in [6.07, 6.45) is 3.82. The van der Waals surface area contributed by atoms with Crippen LogP contribution in [0.4, 0.5) is 0 Å². The van der Waals surface area contributed by atoms with E-state index in [1.165, 1.54) is 5.56 Å². The third kappa shape index (κ3) is 4.55. The first-order chi connectivity index (χ1) is 13.6. The Hall–Kier alpha value is -1.92. The van der Waals surface area contributed by atoms with Crippen LogP contribution in [-0.4, -0.2) is 78.9 Å². The number of nitrogens with one attached hydrogen (secondary N) is 1. The standard InChI is InChI=1S/C22H32N4O2/c27-20-6-7-22(18-26(20)16-19-4-2-1-3-5-19)8-12-24(13-9-22)17-21(28)25-14-10-23-11-15-25/h1-5,23H,6-18H2. The molecule has 3 aliphatic heterocycles. The smallest absolute Gasteiger partial charge is 0.236 e. The number of hydrogen-bond donors (Lipinski definition) is 1. The molecule has 0 unspecified atom stereocenters. The molecule has 3 saturated heterocycles. The van der Waals surface area contributed by atoms with Crippen molar-refractivity contribution in [1.29, 1.82) is 0 Å². The third-order valence-electron chi connectivity index (χ3n) is 6.71. The minimum Gasteiger partial charge on any atom is -0.339 e. The van der Waals surface area contributed by atoms with E-state index >= 15 is 0 Å². The highest BCUT2D eigenvalue weighted by Crippen LogP contribution is 2.40. The Morgan fingerprint density at radius 3 is 2.43 bits per heavy atom. The molecule has 0 bridgehead atoms. The summed E-state index contributed by atoms with van der Waals surface area (Å²) in [5, 5.41) is 3.30. The maximum absolute atomic E-state index is 12.5. The number of carbonyl (C=O) groups is 2. The van der Waals surface area contributed by atoms with E-state index in [2.05, 4.69) is 27.2 Å². The van der Waals surface area contributed by atoms with Crippen molar-refractivity contribution in [1.82, 2.24) is 20.0 Å². The van der Waals surface area contributed by atoms with Crippen molar-refractivity contribution in [3.05, 3.63) is 35.9 Å². The van der Waals surface area contributed by atoms with Gasteiger partial charge in [0.05, 0.1) is 6.54 Å². The van der Waals surface area contributed by atoms with E-state index in [-0.39, 0.29) is 17.2 Å². The predicted octanol–water partition coefficient (Wildman–Crippen LogP) is 1.32. The lowest BCUT2D eigenvalue weighted by molar-refractivity contribution is -0.140. The Labute approximate surface area is 167 Å². The molecule has 0 radical (unpaired) electrons. The second-order valence-corrected chi connectivity index (χ2v) is 8.64. The normalized spacial score (nSPS) is 23.2. The summed E-state index contributed by atoms with van der Waals surface area (Å²) in [5.41, 5.74) is 1.43. The van der Waals surface area contributed by atoms with E-state index in [0.29, 0.717) is 19.5 Å². The lowest BCUT2D eigenvalue weighted by Crippen LogP contribution is -2.53. The zero-order chi connectivity index (χ0) is 19.4. The van der Waals surface area contributed by atoms with Crippen LogP contribution in [0.1, 0.15) is 31.2 Å². The number of nitrogens with zero attached hydrogens (tertiary/aromatic N) is 3. The van der Waals surface area contributed by atoms with E-state index in [9.17, 15) is 9.59 Å². The van der Waals surface area contributed by atoms with Crippen LogP contribution >= 0.6 is 0 Å². The Balaban J connectivity index is 1.30. The quantitative estimate of drug-likeness (QED) is 0.851. The number of carbonyl (C=O) groups excluding carboxylic acids is 2. The van der Waals surface area contributed by atoms with Gasteiger partial charge in [-0.25, -0.2) is 0 Å². The Morgan fingerprint density at radius 2 is 1.71 bits per heavy atom. The minimum atomic E-state index is 0.233. The highest BCUT2D eigenvalue weighted by Gasteiger charge is 2.41. The van der Waals surface area contributed by atoms with E-state index in [0.717, 1.165) is 65.1 Å². The molecule has 0 saturated carbocycles. The second kappa shape index (κ2) is 8.62. The van der Waals surface area contributed by atoms with Gasteiger partial charge >= 0.3 is 0 Å². The molecule has 0 aliphatic carbocycles. The number of likely N-dealkylation sites (tertiary alicyclic amines) is 2. The maximum atomic E-state index is 12.5. The Morgan fingerprint density at radius 1 is 1.00 bits per heavy atom. The lowest BCUT2D eigenvalue weighted by atomic mass is 9.72. The predicted molar refractivity (Wildman–Crippen MR) is 109 cm³/mol. The maximum Gasteiger partial charge on any atom is 0.236 e. The molecular formula is C22H32N4O2. The summed E-state index contributed by atoms with van der Waals surface area (Å²) in [7, 11) is 0. The van der Waals surface area contributed by atoms with Gasteiger partial charge in [-0.05, 0) is 43.3 Å². The molecule has 3 aliphatic rings. The van der Waals surface area contributed by atoms with Crippen LogP contribution in [0.15, 0.2) is 30.3 Å². The van der Waals surface area contributed by atoms with Crippen LogP contribution in [0.2, 0.25) is 0 Å². The van der Waals surface area contributed by atoms with Crippen molar-refractivity contribution in [3.63, 3.8) is 0 Å². The number of piperidine rings is 2. The molecule has 152 valence electrons. The van der Waals surface area contributed by atoms with Gasteiger partial charge in [0.1, 0.15) is 0 Å². The minimum absolute atomic E-state index is 0.233. The van der Waals surface area contributed by atoms with E-state index in [1.54, 1.807) is 0 Å². The number of benzene rings is 1. The van der Waals surface area contributed by atoms with Gasteiger partial charge in [-0.1, -0.05) is 30.3 Å². The molecule has 1 aromatic carbocycles. The van der Waals surface area contributed by atoms with Gasteiger partial charge in [-0.15, -0.1) is 0 Å². The zero-order valence-electron chi connectivity index (χ0n) is 16.7. The highest BCUT2D eigenvalue weighted by atomic mass is 16.2. The Kier molecular flexibility index (Phi) is 5.97. The highest BCUT2D eigenvalue weighted by molar-refractivity contribution is 5.78. The van der Waals surface area contributed by atoms with Crippen LogP contribution in [0, 0.1) is 5.41 Å². The van der Waals surface area contributed by atoms with Crippen LogP contribution in [0.5, 0.6) is 0 Å². The molecule has 0 aromatic heterocycles. The summed E-state index contributed by atoms with van der Waals surface area (Å²) in [6.45, 7) is 7.51. The molecule has 6 heteroatoms. The Bertz CT molecular complexity index is 679. The second-order valence-electron chi connectivity index (χ2n) is 8.64. The molecule has 1 aromatic rings. The van der Waals surface area contributed by atoms with Crippen molar-refractivity contribution >= 4 is 11.8 Å². The molecule has 3 heterocycles. The molecule has 6 nitrogen and oxygen atoms in total. The van der Waals surface area contributed by atoms with Crippen molar-refractivity contribution < 1.29 is 9.59 Å².